The van der Waals surface area contributed by atoms with E-state index in [0.717, 1.165) is 6.42 Å². The van der Waals surface area contributed by atoms with Crippen molar-refractivity contribution in [2.75, 3.05) is 6.61 Å². The highest BCUT2D eigenvalue weighted by Crippen LogP contribution is 2.43. The van der Waals surface area contributed by atoms with Gasteiger partial charge >= 0.3 is 7.12 Å². The standard InChI is InChI=1S/C30H47BO3Si2/c1-28(2,3)36(10,11)32-23-22-26(35(8,9)25-20-16-13-17-21-25)27(24-18-14-12-15-19-24)31-33-29(4,5)30(6,7)34-31/h12-21H,22-23H2,1-11H3/b27-26+. The van der Waals surface area contributed by atoms with Gasteiger partial charge in [-0.25, -0.2) is 0 Å². The number of hydrogen-bond donors (Lipinski definition) is 0. The van der Waals surface area contributed by atoms with E-state index in [0.29, 0.717) is 6.61 Å². The molecule has 0 radical (unpaired) electrons. The van der Waals surface area contributed by atoms with E-state index < -0.39 is 34.7 Å². The maximum Gasteiger partial charge on any atom is 0.495 e. The van der Waals surface area contributed by atoms with Gasteiger partial charge < -0.3 is 13.7 Å². The minimum atomic E-state index is -2.10. The Morgan fingerprint density at radius 2 is 1.28 bits per heavy atom. The van der Waals surface area contributed by atoms with Crippen LogP contribution in [0.15, 0.2) is 65.9 Å². The summed E-state index contributed by atoms with van der Waals surface area (Å²) in [5.41, 5.74) is 1.56. The minimum Gasteiger partial charge on any atom is -0.417 e. The summed E-state index contributed by atoms with van der Waals surface area (Å²) in [6.45, 7) is 25.7. The monoisotopic (exact) mass is 522 g/mol. The van der Waals surface area contributed by atoms with Crippen molar-refractivity contribution >= 4 is 34.2 Å². The molecule has 0 aliphatic carbocycles. The van der Waals surface area contributed by atoms with E-state index in [2.05, 4.69) is 135 Å². The van der Waals surface area contributed by atoms with Gasteiger partial charge in [0.2, 0.25) is 0 Å². The Morgan fingerprint density at radius 1 is 0.806 bits per heavy atom. The zero-order valence-corrected chi connectivity index (χ0v) is 26.5. The van der Waals surface area contributed by atoms with Gasteiger partial charge in [-0.3, -0.25) is 0 Å². The normalized spacial score (nSPS) is 18.8. The van der Waals surface area contributed by atoms with Crippen molar-refractivity contribution in [3.8, 4) is 0 Å². The van der Waals surface area contributed by atoms with Crippen LogP contribution in [0.3, 0.4) is 0 Å². The molecule has 196 valence electrons. The van der Waals surface area contributed by atoms with Gasteiger partial charge in [-0.2, -0.15) is 0 Å². The maximum absolute atomic E-state index is 6.73. The number of hydrogen-bond acceptors (Lipinski definition) is 3. The van der Waals surface area contributed by atoms with Gasteiger partial charge in [0.15, 0.2) is 8.32 Å². The molecular weight excluding hydrogens is 475 g/mol. The molecule has 36 heavy (non-hydrogen) atoms. The van der Waals surface area contributed by atoms with Gasteiger partial charge in [0, 0.05) is 6.61 Å². The lowest BCUT2D eigenvalue weighted by molar-refractivity contribution is 0.00578. The number of benzene rings is 2. The van der Waals surface area contributed by atoms with Crippen LogP contribution in [-0.4, -0.2) is 41.3 Å². The molecule has 0 N–H and O–H groups in total. The van der Waals surface area contributed by atoms with Crippen molar-refractivity contribution < 1.29 is 13.7 Å². The van der Waals surface area contributed by atoms with Crippen molar-refractivity contribution in [1.82, 2.24) is 0 Å². The van der Waals surface area contributed by atoms with Gasteiger partial charge in [0.05, 0.1) is 11.2 Å². The molecule has 0 amide bonds. The molecule has 0 atom stereocenters. The molecule has 6 heteroatoms. The topological polar surface area (TPSA) is 27.7 Å². The van der Waals surface area contributed by atoms with Crippen LogP contribution in [0.25, 0.3) is 5.47 Å². The van der Waals surface area contributed by atoms with Gasteiger partial charge in [-0.05, 0) is 63.3 Å². The third-order valence-corrected chi connectivity index (χ3v) is 17.1. The summed E-state index contributed by atoms with van der Waals surface area (Å²) in [7, 11) is -4.39. The average Bonchev–Trinajstić information content (AvgIpc) is 3.00. The molecule has 0 unspecified atom stereocenters. The average molecular weight is 523 g/mol. The van der Waals surface area contributed by atoms with Crippen molar-refractivity contribution in [3.05, 3.63) is 71.4 Å². The fraction of sp³-hybridized carbons (Fsp3) is 0.533. The lowest BCUT2D eigenvalue weighted by Crippen LogP contribution is -2.46. The summed E-state index contributed by atoms with van der Waals surface area (Å²) in [6, 6.07) is 21.7. The summed E-state index contributed by atoms with van der Waals surface area (Å²) < 4.78 is 20.1. The van der Waals surface area contributed by atoms with Crippen LogP contribution in [-0.2, 0) is 13.7 Å². The van der Waals surface area contributed by atoms with E-state index in [4.69, 9.17) is 13.7 Å². The summed E-state index contributed by atoms with van der Waals surface area (Å²) in [5.74, 6) is 0. The molecule has 0 bridgehead atoms. The van der Waals surface area contributed by atoms with E-state index in [1.165, 1.54) is 21.4 Å². The van der Waals surface area contributed by atoms with E-state index in [1.54, 1.807) is 0 Å². The fourth-order valence-electron chi connectivity index (χ4n) is 4.47. The molecule has 3 nitrogen and oxygen atoms in total. The maximum atomic E-state index is 6.73. The molecule has 1 fully saturated rings. The first-order valence-corrected chi connectivity index (χ1v) is 19.2. The molecule has 0 spiro atoms. The van der Waals surface area contributed by atoms with Crippen LogP contribution < -0.4 is 5.19 Å². The SMILES string of the molecule is CC1(C)OB(/C(=C(\CCO[Si](C)(C)C(C)(C)C)[Si](C)(C)c2ccccc2)c2ccccc2)OC1(C)C. The largest absolute Gasteiger partial charge is 0.495 e. The number of rotatable bonds is 8. The fourth-order valence-corrected chi connectivity index (χ4v) is 8.55. The molecule has 1 heterocycles. The van der Waals surface area contributed by atoms with Crippen LogP contribution >= 0.6 is 0 Å². The van der Waals surface area contributed by atoms with E-state index in [1.807, 2.05) is 0 Å². The predicted octanol–water partition coefficient (Wildman–Crippen LogP) is 7.64. The Kier molecular flexibility index (Phi) is 8.39. The Labute approximate surface area is 222 Å². The second kappa shape index (κ2) is 10.4. The molecule has 0 saturated carbocycles. The van der Waals surface area contributed by atoms with Gasteiger partial charge in [0.25, 0.3) is 0 Å². The molecule has 2 aromatic rings. The molecule has 1 saturated heterocycles. The highest BCUT2D eigenvalue weighted by atomic mass is 28.4. The zero-order valence-electron chi connectivity index (χ0n) is 24.5. The Morgan fingerprint density at radius 3 is 1.75 bits per heavy atom. The summed E-state index contributed by atoms with van der Waals surface area (Å²) >= 11 is 0. The molecule has 2 aromatic carbocycles. The van der Waals surface area contributed by atoms with Crippen LogP contribution in [0.4, 0.5) is 0 Å². The Hall–Kier alpha value is -1.44. The Bertz CT molecular complexity index is 1040. The first kappa shape index (κ1) is 29.1. The first-order chi connectivity index (χ1) is 16.5. The third kappa shape index (κ3) is 5.99. The van der Waals surface area contributed by atoms with Crippen molar-refractivity contribution in [1.29, 1.82) is 0 Å². The Balaban J connectivity index is 2.17. The minimum absolute atomic E-state index is 0.178. The lowest BCUT2D eigenvalue weighted by Gasteiger charge is -2.37. The van der Waals surface area contributed by atoms with Crippen LogP contribution in [0, 0.1) is 0 Å². The zero-order chi connectivity index (χ0) is 27.0. The van der Waals surface area contributed by atoms with Crippen LogP contribution in [0.2, 0.25) is 31.2 Å². The summed E-state index contributed by atoms with van der Waals surface area (Å²) in [5, 5.41) is 3.03. The lowest BCUT2D eigenvalue weighted by atomic mass is 9.73. The van der Waals surface area contributed by atoms with Gasteiger partial charge in [-0.1, -0.05) is 105 Å². The van der Waals surface area contributed by atoms with Crippen molar-refractivity contribution in [2.45, 2.75) is 97.3 Å². The third-order valence-electron chi connectivity index (χ3n) is 8.77. The van der Waals surface area contributed by atoms with Crippen LogP contribution in [0.1, 0.15) is 60.5 Å². The smallest absolute Gasteiger partial charge is 0.417 e. The predicted molar refractivity (Wildman–Crippen MR) is 161 cm³/mol. The van der Waals surface area contributed by atoms with Gasteiger partial charge in [-0.15, -0.1) is 0 Å². The highest BCUT2D eigenvalue weighted by molar-refractivity contribution is 6.98. The van der Waals surface area contributed by atoms with Crippen LogP contribution in [0.5, 0.6) is 0 Å². The van der Waals surface area contributed by atoms with E-state index in [9.17, 15) is 0 Å². The molecule has 1 aliphatic heterocycles. The van der Waals surface area contributed by atoms with E-state index in [-0.39, 0.29) is 5.04 Å². The molecular formula is C30H47BO3Si2. The summed E-state index contributed by atoms with van der Waals surface area (Å²) in [4.78, 5) is 0. The van der Waals surface area contributed by atoms with Crippen molar-refractivity contribution in [2.24, 2.45) is 0 Å². The molecule has 3 rings (SSSR count). The second-order valence-corrected chi connectivity index (χ2v) is 22.4. The summed E-state index contributed by atoms with van der Waals surface area (Å²) in [6.07, 6.45) is 0.870. The quantitative estimate of drug-likeness (QED) is 0.334. The molecule has 0 aromatic heterocycles. The second-order valence-electron chi connectivity index (χ2n) is 13.2. The van der Waals surface area contributed by atoms with Crippen molar-refractivity contribution in [3.63, 3.8) is 0 Å². The van der Waals surface area contributed by atoms with Gasteiger partial charge in [0.1, 0.15) is 8.07 Å². The molecule has 1 aliphatic rings. The van der Waals surface area contributed by atoms with E-state index >= 15 is 0 Å². The first-order valence-electron chi connectivity index (χ1n) is 13.3. The highest BCUT2D eigenvalue weighted by Gasteiger charge is 2.54.